The zero-order valence-corrected chi connectivity index (χ0v) is 13.2. The van der Waals surface area contributed by atoms with Gasteiger partial charge in [-0.1, -0.05) is 30.3 Å². The molecule has 0 unspecified atom stereocenters. The van der Waals surface area contributed by atoms with E-state index in [9.17, 15) is 9.90 Å². The van der Waals surface area contributed by atoms with Crippen molar-refractivity contribution in [2.45, 2.75) is 50.6 Å². The second-order valence-electron chi connectivity index (χ2n) is 5.99. The highest BCUT2D eigenvalue weighted by molar-refractivity contribution is 5.74. The number of carboxylic acid groups (broad SMARTS) is 1. The Balaban J connectivity index is 1.95. The Kier molecular flexibility index (Phi) is 5.72. The van der Waals surface area contributed by atoms with Crippen molar-refractivity contribution < 1.29 is 29.2 Å². The molecular formula is C16H23NO6. The first-order valence-electron chi connectivity index (χ1n) is 7.44. The van der Waals surface area contributed by atoms with Gasteiger partial charge >= 0.3 is 5.97 Å². The van der Waals surface area contributed by atoms with Crippen LogP contribution in [0.4, 0.5) is 0 Å². The number of hydrogen-bond donors (Lipinski definition) is 3. The fourth-order valence-corrected chi connectivity index (χ4v) is 2.50. The first-order chi connectivity index (χ1) is 10.8. The monoisotopic (exact) mass is 325 g/mol. The predicted octanol–water partition coefficient (Wildman–Crippen LogP) is 0.496. The summed E-state index contributed by atoms with van der Waals surface area (Å²) in [6.45, 7) is 3.92. The van der Waals surface area contributed by atoms with E-state index in [1.165, 1.54) is 0 Å². The molecule has 2 rings (SSSR count). The molecule has 0 spiro atoms. The molecule has 0 aliphatic carbocycles. The number of hydrogen-bond acceptors (Lipinski definition) is 6. The third-order valence-corrected chi connectivity index (χ3v) is 3.60. The molecule has 1 heterocycles. The van der Waals surface area contributed by atoms with Crippen LogP contribution in [0.3, 0.4) is 0 Å². The molecule has 1 aromatic rings. The molecule has 23 heavy (non-hydrogen) atoms. The highest BCUT2D eigenvalue weighted by Gasteiger charge is 2.47. The maximum Gasteiger partial charge on any atom is 0.323 e. The normalized spacial score (nSPS) is 25.9. The number of ether oxygens (including phenoxy) is 3. The van der Waals surface area contributed by atoms with Gasteiger partial charge in [-0.05, 0) is 19.4 Å². The molecule has 0 amide bonds. The number of carbonyl (C=O) groups is 1. The summed E-state index contributed by atoms with van der Waals surface area (Å²) >= 11 is 0. The van der Waals surface area contributed by atoms with E-state index in [1.54, 1.807) is 13.8 Å². The minimum atomic E-state index is -1.45. The Morgan fingerprint density at radius 3 is 2.61 bits per heavy atom. The van der Waals surface area contributed by atoms with Gasteiger partial charge in [0.15, 0.2) is 5.79 Å². The zero-order valence-electron chi connectivity index (χ0n) is 13.2. The van der Waals surface area contributed by atoms with Crippen molar-refractivity contribution in [3.05, 3.63) is 35.9 Å². The highest BCUT2D eigenvalue weighted by Crippen LogP contribution is 2.31. The van der Waals surface area contributed by atoms with Crippen LogP contribution in [0.2, 0.25) is 0 Å². The molecule has 1 saturated heterocycles. The van der Waals surface area contributed by atoms with E-state index >= 15 is 0 Å². The van der Waals surface area contributed by atoms with Gasteiger partial charge in [-0.3, -0.25) is 4.79 Å². The number of aliphatic carboxylic acids is 1. The summed E-state index contributed by atoms with van der Waals surface area (Å²) in [5, 5.41) is 19.1. The van der Waals surface area contributed by atoms with Crippen LogP contribution in [-0.2, 0) is 25.6 Å². The number of aliphatic hydroxyl groups excluding tert-OH is 1. The molecule has 128 valence electrons. The zero-order chi connectivity index (χ0) is 17.0. The predicted molar refractivity (Wildman–Crippen MR) is 81.5 cm³/mol. The van der Waals surface area contributed by atoms with Gasteiger partial charge < -0.3 is 30.2 Å². The van der Waals surface area contributed by atoms with Gasteiger partial charge in [-0.15, -0.1) is 0 Å². The SMILES string of the molecule is CC1(C)O[C@@H]([C@@H](O)[C@H](N)C(=O)O)[C@H](COCc2ccccc2)O1. The van der Waals surface area contributed by atoms with Gasteiger partial charge in [0.1, 0.15) is 24.4 Å². The molecule has 4 N–H and O–H groups in total. The minimum Gasteiger partial charge on any atom is -0.480 e. The lowest BCUT2D eigenvalue weighted by atomic mass is 10.0. The van der Waals surface area contributed by atoms with Gasteiger partial charge in [-0.25, -0.2) is 0 Å². The summed E-state index contributed by atoms with van der Waals surface area (Å²) in [6.07, 6.45) is -2.86. The Bertz CT molecular complexity index is 521. The molecule has 7 heteroatoms. The van der Waals surface area contributed by atoms with Gasteiger partial charge in [-0.2, -0.15) is 0 Å². The molecule has 0 saturated carbocycles. The summed E-state index contributed by atoms with van der Waals surface area (Å²) in [4.78, 5) is 11.0. The van der Waals surface area contributed by atoms with E-state index in [1.807, 2.05) is 30.3 Å². The third kappa shape index (κ3) is 4.73. The van der Waals surface area contributed by atoms with Gasteiger partial charge in [0, 0.05) is 0 Å². The summed E-state index contributed by atoms with van der Waals surface area (Å²) in [7, 11) is 0. The highest BCUT2D eigenvalue weighted by atomic mass is 16.8. The molecule has 1 aliphatic rings. The topological polar surface area (TPSA) is 111 Å². The van der Waals surface area contributed by atoms with Gasteiger partial charge in [0.25, 0.3) is 0 Å². The average molecular weight is 325 g/mol. The maximum atomic E-state index is 11.0. The van der Waals surface area contributed by atoms with E-state index < -0.39 is 36.1 Å². The van der Waals surface area contributed by atoms with Crippen LogP contribution in [0.15, 0.2) is 30.3 Å². The Morgan fingerprint density at radius 2 is 2.00 bits per heavy atom. The second kappa shape index (κ2) is 7.37. The van der Waals surface area contributed by atoms with Crippen molar-refractivity contribution >= 4 is 5.97 Å². The van der Waals surface area contributed by atoms with E-state index in [0.717, 1.165) is 5.56 Å². The van der Waals surface area contributed by atoms with Crippen LogP contribution >= 0.6 is 0 Å². The molecule has 1 aromatic carbocycles. The second-order valence-corrected chi connectivity index (χ2v) is 5.99. The molecule has 4 atom stereocenters. The summed E-state index contributed by atoms with van der Waals surface area (Å²) < 4.78 is 16.9. The van der Waals surface area contributed by atoms with Crippen molar-refractivity contribution in [1.82, 2.24) is 0 Å². The smallest absolute Gasteiger partial charge is 0.323 e. The molecule has 0 aromatic heterocycles. The van der Waals surface area contributed by atoms with Crippen LogP contribution in [0.5, 0.6) is 0 Å². The van der Waals surface area contributed by atoms with Crippen molar-refractivity contribution in [2.75, 3.05) is 6.61 Å². The maximum absolute atomic E-state index is 11.0. The summed E-state index contributed by atoms with van der Waals surface area (Å²) in [6, 6.07) is 8.16. The average Bonchev–Trinajstić information content (AvgIpc) is 2.81. The van der Waals surface area contributed by atoms with Crippen molar-refractivity contribution in [3.63, 3.8) is 0 Å². The summed E-state index contributed by atoms with van der Waals surface area (Å²) in [5.74, 6) is -2.24. The van der Waals surface area contributed by atoms with Crippen LogP contribution in [0.25, 0.3) is 0 Å². The van der Waals surface area contributed by atoms with Crippen LogP contribution in [-0.4, -0.2) is 52.9 Å². The van der Waals surface area contributed by atoms with Crippen LogP contribution < -0.4 is 5.73 Å². The number of carboxylic acids is 1. The molecular weight excluding hydrogens is 302 g/mol. The Morgan fingerprint density at radius 1 is 1.35 bits per heavy atom. The molecule has 1 aliphatic heterocycles. The minimum absolute atomic E-state index is 0.159. The van der Waals surface area contributed by atoms with Crippen molar-refractivity contribution in [3.8, 4) is 0 Å². The Labute approximate surface area is 135 Å². The molecule has 0 bridgehead atoms. The number of nitrogens with two attached hydrogens (primary N) is 1. The fraction of sp³-hybridized carbons (Fsp3) is 0.562. The quantitative estimate of drug-likeness (QED) is 0.669. The van der Waals surface area contributed by atoms with Gasteiger partial charge in [0.2, 0.25) is 0 Å². The first kappa shape index (κ1) is 17.8. The standard InChI is InChI=1S/C16H23NO6/c1-16(2)22-11(9-21-8-10-6-4-3-5-7-10)14(23-16)13(18)12(17)15(19)20/h3-7,11-14,18H,8-9,17H2,1-2H3,(H,19,20)/t11-,12-,13-,14+/m0/s1. The number of aliphatic hydroxyl groups is 1. The fourth-order valence-electron chi connectivity index (χ4n) is 2.50. The van der Waals surface area contributed by atoms with Crippen molar-refractivity contribution in [1.29, 1.82) is 0 Å². The first-order valence-corrected chi connectivity index (χ1v) is 7.44. The third-order valence-electron chi connectivity index (χ3n) is 3.60. The van der Waals surface area contributed by atoms with E-state index in [2.05, 4.69) is 0 Å². The lowest BCUT2D eigenvalue weighted by molar-refractivity contribution is -0.163. The Hall–Kier alpha value is -1.51. The van der Waals surface area contributed by atoms with Crippen LogP contribution in [0, 0.1) is 0 Å². The number of rotatable bonds is 7. The molecule has 0 radical (unpaired) electrons. The van der Waals surface area contributed by atoms with Gasteiger partial charge in [0.05, 0.1) is 13.2 Å². The molecule has 7 nitrogen and oxygen atoms in total. The summed E-state index contributed by atoms with van der Waals surface area (Å²) in [5.41, 5.74) is 6.49. The van der Waals surface area contributed by atoms with E-state index in [0.29, 0.717) is 6.61 Å². The van der Waals surface area contributed by atoms with E-state index in [-0.39, 0.29) is 6.61 Å². The lowest BCUT2D eigenvalue weighted by Gasteiger charge is -2.24. The largest absolute Gasteiger partial charge is 0.480 e. The van der Waals surface area contributed by atoms with Crippen LogP contribution in [0.1, 0.15) is 19.4 Å². The van der Waals surface area contributed by atoms with Crippen molar-refractivity contribution in [2.24, 2.45) is 5.73 Å². The number of benzene rings is 1. The molecule has 1 fully saturated rings. The van der Waals surface area contributed by atoms with E-state index in [4.69, 9.17) is 25.1 Å². The lowest BCUT2D eigenvalue weighted by Crippen LogP contribution is -2.52.